The number of thiophene rings is 1. The van der Waals surface area contributed by atoms with Crippen LogP contribution in [0.4, 0.5) is 5.82 Å². The monoisotopic (exact) mass is 430 g/mol. The normalized spacial score (nSPS) is 15.4. The molecule has 0 aromatic carbocycles. The molecule has 1 N–H and O–H groups in total. The first kappa shape index (κ1) is 21.1. The van der Waals surface area contributed by atoms with E-state index in [1.54, 1.807) is 11.3 Å². The van der Waals surface area contributed by atoms with Crippen LogP contribution in [0.5, 0.6) is 0 Å². The van der Waals surface area contributed by atoms with Crippen LogP contribution in [0.15, 0.2) is 4.52 Å². The van der Waals surface area contributed by atoms with Crippen LogP contribution in [0.25, 0.3) is 10.2 Å². The van der Waals surface area contributed by atoms with E-state index >= 15 is 0 Å². The van der Waals surface area contributed by atoms with Crippen LogP contribution < -0.4 is 5.32 Å². The number of ether oxygens (including phenoxy) is 1. The molecule has 0 unspecified atom stereocenters. The van der Waals surface area contributed by atoms with Crippen LogP contribution in [0.1, 0.15) is 54.2 Å². The molecule has 1 fully saturated rings. The lowest BCUT2D eigenvalue weighted by Gasteiger charge is -2.25. The average Bonchev–Trinajstić information content (AvgIpc) is 3.31. The highest BCUT2D eigenvalue weighted by atomic mass is 32.1. The maximum Gasteiger partial charge on any atom is 0.226 e. The van der Waals surface area contributed by atoms with Gasteiger partial charge in [-0.05, 0) is 25.8 Å². The summed E-state index contributed by atoms with van der Waals surface area (Å²) in [6.07, 6.45) is 1.65. The fourth-order valence-corrected chi connectivity index (χ4v) is 4.55. The molecule has 0 radical (unpaired) electrons. The van der Waals surface area contributed by atoms with Crippen molar-refractivity contribution in [2.24, 2.45) is 0 Å². The lowest BCUT2D eigenvalue weighted by molar-refractivity contribution is 0.0331. The molecule has 4 rings (SSSR count). The molecule has 1 aliphatic rings. The van der Waals surface area contributed by atoms with Crippen molar-refractivity contribution in [2.75, 3.05) is 38.2 Å². The van der Waals surface area contributed by atoms with Gasteiger partial charge in [-0.1, -0.05) is 19.0 Å². The molecule has 0 bridgehead atoms. The minimum absolute atomic E-state index is 0.282. The summed E-state index contributed by atoms with van der Waals surface area (Å²) in [5.41, 5.74) is 1.26. The number of aryl methyl sites for hydroxylation is 3. The molecule has 3 aromatic rings. The molecule has 1 aliphatic heterocycles. The van der Waals surface area contributed by atoms with Crippen LogP contribution in [0.3, 0.4) is 0 Å². The molecule has 30 heavy (non-hydrogen) atoms. The summed E-state index contributed by atoms with van der Waals surface area (Å²) >= 11 is 1.74. The number of rotatable bonds is 8. The van der Waals surface area contributed by atoms with Gasteiger partial charge in [-0.25, -0.2) is 9.97 Å². The largest absolute Gasteiger partial charge is 0.379 e. The van der Waals surface area contributed by atoms with Gasteiger partial charge >= 0.3 is 0 Å². The fraction of sp³-hybridized carbons (Fsp3) is 0.619. The Labute approximate surface area is 181 Å². The molecule has 8 nitrogen and oxygen atoms in total. The van der Waals surface area contributed by atoms with E-state index in [1.807, 2.05) is 0 Å². The molecular formula is C21H30N6O2S. The van der Waals surface area contributed by atoms with Gasteiger partial charge in [0, 0.05) is 36.9 Å². The summed E-state index contributed by atoms with van der Waals surface area (Å²) in [5.74, 6) is 3.55. The summed E-state index contributed by atoms with van der Waals surface area (Å²) in [6.45, 7) is 13.4. The molecule has 0 saturated carbocycles. The third kappa shape index (κ3) is 4.79. The number of hydrogen-bond acceptors (Lipinski definition) is 9. The van der Waals surface area contributed by atoms with E-state index in [1.165, 1.54) is 10.4 Å². The second kappa shape index (κ2) is 9.36. The van der Waals surface area contributed by atoms with Crippen molar-refractivity contribution in [3.63, 3.8) is 0 Å². The number of aromatic nitrogens is 4. The maximum absolute atomic E-state index is 5.46. The topological polar surface area (TPSA) is 89.2 Å². The molecule has 0 spiro atoms. The highest BCUT2D eigenvalue weighted by Gasteiger charge is 2.18. The first-order valence-corrected chi connectivity index (χ1v) is 11.5. The number of nitrogens with zero attached hydrogens (tertiary/aromatic N) is 5. The summed E-state index contributed by atoms with van der Waals surface area (Å²) in [6, 6.07) is 0. The van der Waals surface area contributed by atoms with Gasteiger partial charge in [0.2, 0.25) is 5.89 Å². The van der Waals surface area contributed by atoms with Crippen molar-refractivity contribution in [3.05, 3.63) is 28.0 Å². The molecule has 4 heterocycles. The molecule has 162 valence electrons. The summed E-state index contributed by atoms with van der Waals surface area (Å²) in [7, 11) is 0. The van der Waals surface area contributed by atoms with Gasteiger partial charge in [-0.3, -0.25) is 4.90 Å². The van der Waals surface area contributed by atoms with Crippen molar-refractivity contribution < 1.29 is 9.26 Å². The molecular weight excluding hydrogens is 400 g/mol. The molecule has 1 saturated heterocycles. The maximum atomic E-state index is 5.46. The second-order valence-corrected chi connectivity index (χ2v) is 9.27. The highest BCUT2D eigenvalue weighted by molar-refractivity contribution is 7.18. The van der Waals surface area contributed by atoms with E-state index in [9.17, 15) is 0 Å². The SMILES string of the molecule is Cc1sc2nc(CN3CCOCC3)nc(NCCCc3nc(C(C)C)no3)c2c1C. The zero-order valence-corrected chi connectivity index (χ0v) is 19.0. The van der Waals surface area contributed by atoms with Crippen LogP contribution in [0.2, 0.25) is 0 Å². The number of morpholine rings is 1. The molecule has 9 heteroatoms. The minimum Gasteiger partial charge on any atom is -0.379 e. The Morgan fingerprint density at radius 1 is 1.13 bits per heavy atom. The molecule has 0 atom stereocenters. The van der Waals surface area contributed by atoms with Crippen molar-refractivity contribution in [1.82, 2.24) is 25.0 Å². The van der Waals surface area contributed by atoms with Crippen LogP contribution in [-0.4, -0.2) is 57.9 Å². The first-order chi connectivity index (χ1) is 14.5. The minimum atomic E-state index is 0.282. The Balaban J connectivity index is 1.45. The lowest BCUT2D eigenvalue weighted by atomic mass is 10.2. The Morgan fingerprint density at radius 3 is 2.67 bits per heavy atom. The van der Waals surface area contributed by atoms with Gasteiger partial charge in [-0.15, -0.1) is 11.3 Å². The predicted molar refractivity (Wildman–Crippen MR) is 118 cm³/mol. The van der Waals surface area contributed by atoms with Crippen LogP contribution in [-0.2, 0) is 17.7 Å². The first-order valence-electron chi connectivity index (χ1n) is 10.6. The van der Waals surface area contributed by atoms with Crippen molar-refractivity contribution in [1.29, 1.82) is 0 Å². The zero-order chi connectivity index (χ0) is 21.1. The zero-order valence-electron chi connectivity index (χ0n) is 18.2. The van der Waals surface area contributed by atoms with E-state index in [0.29, 0.717) is 5.89 Å². The molecule has 3 aromatic heterocycles. The van der Waals surface area contributed by atoms with Gasteiger partial charge in [0.25, 0.3) is 0 Å². The van der Waals surface area contributed by atoms with Crippen molar-refractivity contribution in [3.8, 4) is 0 Å². The number of fused-ring (bicyclic) bond motifs is 1. The van der Waals surface area contributed by atoms with Crippen molar-refractivity contribution in [2.45, 2.75) is 53.0 Å². The lowest BCUT2D eigenvalue weighted by Crippen LogP contribution is -2.36. The fourth-order valence-electron chi connectivity index (χ4n) is 3.50. The number of anilines is 1. The van der Waals surface area contributed by atoms with E-state index in [0.717, 1.165) is 79.9 Å². The Kier molecular flexibility index (Phi) is 6.60. The van der Waals surface area contributed by atoms with Crippen LogP contribution in [0, 0.1) is 13.8 Å². The van der Waals surface area contributed by atoms with E-state index in [-0.39, 0.29) is 5.92 Å². The third-order valence-corrected chi connectivity index (χ3v) is 6.50. The average molecular weight is 431 g/mol. The van der Waals surface area contributed by atoms with Gasteiger partial charge < -0.3 is 14.6 Å². The highest BCUT2D eigenvalue weighted by Crippen LogP contribution is 2.33. The Morgan fingerprint density at radius 2 is 1.93 bits per heavy atom. The Bertz CT molecular complexity index is 993. The van der Waals surface area contributed by atoms with E-state index in [4.69, 9.17) is 19.2 Å². The van der Waals surface area contributed by atoms with Crippen LogP contribution >= 0.6 is 11.3 Å². The number of hydrogen-bond donors (Lipinski definition) is 1. The summed E-state index contributed by atoms with van der Waals surface area (Å²) < 4.78 is 10.8. The van der Waals surface area contributed by atoms with Crippen molar-refractivity contribution >= 4 is 27.4 Å². The van der Waals surface area contributed by atoms with Gasteiger partial charge in [-0.2, -0.15) is 4.98 Å². The third-order valence-electron chi connectivity index (χ3n) is 5.40. The van der Waals surface area contributed by atoms with Gasteiger partial charge in [0.05, 0.1) is 25.1 Å². The standard InChI is InChI=1S/C21H30N6O2S/c1-13(2)19-25-17(29-26-19)6-5-7-22-20-18-14(3)15(4)30-21(18)24-16(23-20)12-27-8-10-28-11-9-27/h13H,5-12H2,1-4H3,(H,22,23,24). The molecule has 0 aliphatic carbocycles. The van der Waals surface area contributed by atoms with Gasteiger partial charge in [0.15, 0.2) is 5.82 Å². The van der Waals surface area contributed by atoms with E-state index in [2.05, 4.69) is 48.1 Å². The Hall–Kier alpha value is -2.10. The molecule has 0 amide bonds. The van der Waals surface area contributed by atoms with E-state index < -0.39 is 0 Å². The smallest absolute Gasteiger partial charge is 0.226 e. The summed E-state index contributed by atoms with van der Waals surface area (Å²) in [4.78, 5) is 18.9. The number of nitrogens with one attached hydrogen (secondary N) is 1. The summed E-state index contributed by atoms with van der Waals surface area (Å²) in [5, 5.41) is 8.72. The predicted octanol–water partition coefficient (Wildman–Crippen LogP) is 3.69. The van der Waals surface area contributed by atoms with Gasteiger partial charge in [0.1, 0.15) is 16.5 Å². The quantitative estimate of drug-likeness (QED) is 0.541. The second-order valence-electron chi connectivity index (χ2n) is 8.07.